The molecular formula is C10H20N2O. The van der Waals surface area contributed by atoms with E-state index >= 15 is 0 Å². The molecule has 0 unspecified atom stereocenters. The molecule has 13 heavy (non-hydrogen) atoms. The summed E-state index contributed by atoms with van der Waals surface area (Å²) in [4.78, 5) is 11.3. The Kier molecular flexibility index (Phi) is 3.31. The summed E-state index contributed by atoms with van der Waals surface area (Å²) >= 11 is 0. The number of rotatable bonds is 4. The highest BCUT2D eigenvalue weighted by atomic mass is 16.1. The van der Waals surface area contributed by atoms with Gasteiger partial charge in [-0.3, -0.25) is 4.79 Å². The predicted octanol–water partition coefficient (Wildman–Crippen LogP) is 1.03. The van der Waals surface area contributed by atoms with Crippen molar-refractivity contribution in [1.29, 1.82) is 0 Å². The van der Waals surface area contributed by atoms with Gasteiger partial charge in [0.05, 0.1) is 0 Å². The summed E-state index contributed by atoms with van der Waals surface area (Å²) in [6.45, 7) is 4.39. The van der Waals surface area contributed by atoms with E-state index in [2.05, 4.69) is 5.32 Å². The van der Waals surface area contributed by atoms with E-state index in [1.165, 1.54) is 19.3 Å². The Hall–Kier alpha value is -0.570. The van der Waals surface area contributed by atoms with Crippen molar-refractivity contribution in [2.75, 3.05) is 6.54 Å². The quantitative estimate of drug-likeness (QED) is 0.685. The first-order chi connectivity index (χ1) is 5.97. The van der Waals surface area contributed by atoms with Crippen LogP contribution in [0.2, 0.25) is 0 Å². The Balaban J connectivity index is 2.10. The third-order valence-electron chi connectivity index (χ3n) is 2.44. The van der Waals surface area contributed by atoms with Crippen LogP contribution in [0.1, 0.15) is 39.5 Å². The van der Waals surface area contributed by atoms with Gasteiger partial charge in [-0.1, -0.05) is 6.42 Å². The van der Waals surface area contributed by atoms with E-state index in [0.29, 0.717) is 18.9 Å². The van der Waals surface area contributed by atoms with E-state index in [0.717, 1.165) is 0 Å². The molecular weight excluding hydrogens is 164 g/mol. The smallest absolute Gasteiger partial charge is 0.220 e. The van der Waals surface area contributed by atoms with Crippen LogP contribution < -0.4 is 11.1 Å². The van der Waals surface area contributed by atoms with E-state index in [1.807, 2.05) is 13.8 Å². The number of carbonyl (C=O) groups excluding carboxylic acids is 1. The molecule has 3 heteroatoms. The van der Waals surface area contributed by atoms with Gasteiger partial charge >= 0.3 is 0 Å². The van der Waals surface area contributed by atoms with Gasteiger partial charge in [0, 0.05) is 18.5 Å². The maximum Gasteiger partial charge on any atom is 0.220 e. The predicted molar refractivity (Wildman–Crippen MR) is 53.2 cm³/mol. The fraction of sp³-hybridized carbons (Fsp3) is 0.900. The van der Waals surface area contributed by atoms with E-state index in [4.69, 9.17) is 5.73 Å². The van der Waals surface area contributed by atoms with Crippen LogP contribution in [0.4, 0.5) is 0 Å². The van der Waals surface area contributed by atoms with Crippen molar-refractivity contribution in [3.05, 3.63) is 0 Å². The van der Waals surface area contributed by atoms with E-state index in [-0.39, 0.29) is 11.4 Å². The van der Waals surface area contributed by atoms with Gasteiger partial charge in [0.15, 0.2) is 0 Å². The molecule has 0 aromatic heterocycles. The van der Waals surface area contributed by atoms with Crippen LogP contribution in [0.25, 0.3) is 0 Å². The lowest BCUT2D eigenvalue weighted by Crippen LogP contribution is -2.45. The first-order valence-electron chi connectivity index (χ1n) is 5.03. The average molecular weight is 184 g/mol. The zero-order valence-corrected chi connectivity index (χ0v) is 8.60. The van der Waals surface area contributed by atoms with Crippen LogP contribution in [-0.4, -0.2) is 18.0 Å². The number of nitrogens with two attached hydrogens (primary N) is 1. The van der Waals surface area contributed by atoms with Gasteiger partial charge in [-0.15, -0.1) is 0 Å². The minimum atomic E-state index is -0.296. The van der Waals surface area contributed by atoms with E-state index in [1.54, 1.807) is 0 Å². The van der Waals surface area contributed by atoms with Crippen molar-refractivity contribution >= 4 is 5.91 Å². The van der Waals surface area contributed by atoms with Gasteiger partial charge in [-0.2, -0.15) is 0 Å². The van der Waals surface area contributed by atoms with Crippen LogP contribution >= 0.6 is 0 Å². The maximum absolute atomic E-state index is 11.3. The van der Waals surface area contributed by atoms with Crippen molar-refractivity contribution < 1.29 is 4.79 Å². The lowest BCUT2D eigenvalue weighted by Gasteiger charge is -2.25. The zero-order chi connectivity index (χ0) is 9.90. The summed E-state index contributed by atoms with van der Waals surface area (Å²) in [7, 11) is 0. The SMILES string of the molecule is CC(C)(N)CNC(=O)CC1CCC1. The van der Waals surface area contributed by atoms with Crippen molar-refractivity contribution in [3.63, 3.8) is 0 Å². The lowest BCUT2D eigenvalue weighted by atomic mass is 9.83. The van der Waals surface area contributed by atoms with Crippen LogP contribution in [-0.2, 0) is 4.79 Å². The fourth-order valence-corrected chi connectivity index (χ4v) is 1.36. The molecule has 1 aliphatic rings. The molecule has 0 heterocycles. The zero-order valence-electron chi connectivity index (χ0n) is 8.60. The second kappa shape index (κ2) is 4.09. The first kappa shape index (κ1) is 10.5. The number of amides is 1. The Labute approximate surface area is 80.1 Å². The van der Waals surface area contributed by atoms with Gasteiger partial charge in [0.1, 0.15) is 0 Å². The Bertz CT molecular complexity index is 180. The van der Waals surface area contributed by atoms with Crippen molar-refractivity contribution in [3.8, 4) is 0 Å². The fourth-order valence-electron chi connectivity index (χ4n) is 1.36. The van der Waals surface area contributed by atoms with Crippen molar-refractivity contribution in [2.24, 2.45) is 11.7 Å². The highest BCUT2D eigenvalue weighted by Gasteiger charge is 2.21. The first-order valence-corrected chi connectivity index (χ1v) is 5.03. The topological polar surface area (TPSA) is 55.1 Å². The number of carbonyl (C=O) groups is 1. The van der Waals surface area contributed by atoms with Crippen molar-refractivity contribution in [2.45, 2.75) is 45.1 Å². The Morgan fingerprint density at radius 3 is 2.54 bits per heavy atom. The van der Waals surface area contributed by atoms with Crippen LogP contribution in [0.15, 0.2) is 0 Å². The van der Waals surface area contributed by atoms with Gasteiger partial charge in [0.25, 0.3) is 0 Å². The average Bonchev–Trinajstić information content (AvgIpc) is 1.91. The summed E-state index contributed by atoms with van der Waals surface area (Å²) in [5.41, 5.74) is 5.45. The molecule has 76 valence electrons. The summed E-state index contributed by atoms with van der Waals surface area (Å²) < 4.78 is 0. The van der Waals surface area contributed by atoms with Crippen molar-refractivity contribution in [1.82, 2.24) is 5.32 Å². The third kappa shape index (κ3) is 4.27. The van der Waals surface area contributed by atoms with Gasteiger partial charge in [-0.25, -0.2) is 0 Å². The molecule has 0 bridgehead atoms. The van der Waals surface area contributed by atoms with Crippen LogP contribution in [0, 0.1) is 5.92 Å². The molecule has 1 fully saturated rings. The standard InChI is InChI=1S/C10H20N2O/c1-10(2,11)7-12-9(13)6-8-4-3-5-8/h8H,3-7,11H2,1-2H3,(H,12,13). The highest BCUT2D eigenvalue weighted by molar-refractivity contribution is 5.76. The minimum absolute atomic E-state index is 0.156. The molecule has 3 N–H and O–H groups in total. The second-order valence-corrected chi connectivity index (χ2v) is 4.77. The van der Waals surface area contributed by atoms with Crippen LogP contribution in [0.5, 0.6) is 0 Å². The largest absolute Gasteiger partial charge is 0.354 e. The van der Waals surface area contributed by atoms with Gasteiger partial charge in [0.2, 0.25) is 5.91 Å². The highest BCUT2D eigenvalue weighted by Crippen LogP contribution is 2.28. The second-order valence-electron chi connectivity index (χ2n) is 4.77. The van der Waals surface area contributed by atoms with Gasteiger partial charge < -0.3 is 11.1 Å². The normalized spacial score (nSPS) is 18.1. The monoisotopic (exact) mass is 184 g/mol. The van der Waals surface area contributed by atoms with Crippen LogP contribution in [0.3, 0.4) is 0 Å². The molecule has 0 saturated heterocycles. The molecule has 1 amide bonds. The molecule has 0 aromatic carbocycles. The van der Waals surface area contributed by atoms with E-state index < -0.39 is 0 Å². The molecule has 0 aromatic rings. The van der Waals surface area contributed by atoms with Gasteiger partial charge in [-0.05, 0) is 32.6 Å². The summed E-state index contributed by atoms with van der Waals surface area (Å²) in [5.74, 6) is 0.795. The number of nitrogens with one attached hydrogen (secondary N) is 1. The molecule has 3 nitrogen and oxygen atoms in total. The van der Waals surface area contributed by atoms with E-state index in [9.17, 15) is 4.79 Å². The minimum Gasteiger partial charge on any atom is -0.354 e. The Morgan fingerprint density at radius 2 is 2.15 bits per heavy atom. The molecule has 0 radical (unpaired) electrons. The molecule has 0 aliphatic heterocycles. The summed E-state index contributed by atoms with van der Waals surface area (Å²) in [6.07, 6.45) is 4.43. The molecule has 1 rings (SSSR count). The lowest BCUT2D eigenvalue weighted by molar-refractivity contribution is -0.122. The Morgan fingerprint density at radius 1 is 1.54 bits per heavy atom. The summed E-state index contributed by atoms with van der Waals surface area (Å²) in [6, 6.07) is 0. The maximum atomic E-state index is 11.3. The molecule has 1 saturated carbocycles. The molecule has 0 atom stereocenters. The number of hydrogen-bond acceptors (Lipinski definition) is 2. The number of hydrogen-bond donors (Lipinski definition) is 2. The molecule has 0 spiro atoms. The molecule has 1 aliphatic carbocycles. The third-order valence-corrected chi connectivity index (χ3v) is 2.44. The summed E-state index contributed by atoms with van der Waals surface area (Å²) in [5, 5.41) is 2.86.